The summed E-state index contributed by atoms with van der Waals surface area (Å²) in [7, 11) is 0. The first-order chi connectivity index (χ1) is 17.6. The van der Waals surface area contributed by atoms with E-state index in [-0.39, 0.29) is 37.3 Å². The standard InChI is InChI=1S/C26H21N5O5/c1-16-6-2-5-9-20(16)36-25-24-29-30(26(33)31(24)19-8-4-3-7-18(19)28-25)14-23(32)27-13-17-10-11-21-22(12-17)35-15-34-21/h2-12H,13-15H2,1H3,(H,27,32). The molecule has 3 aromatic carbocycles. The molecule has 1 aliphatic rings. The van der Waals surface area contributed by atoms with Gasteiger partial charge in [-0.05, 0) is 48.4 Å². The van der Waals surface area contributed by atoms with E-state index >= 15 is 0 Å². The third-order valence-corrected chi connectivity index (χ3v) is 5.90. The fourth-order valence-electron chi connectivity index (χ4n) is 4.06. The Hall–Kier alpha value is -4.86. The molecule has 5 aromatic rings. The van der Waals surface area contributed by atoms with Crippen molar-refractivity contribution in [2.75, 3.05) is 6.79 Å². The number of benzene rings is 3. The minimum atomic E-state index is -0.462. The number of amides is 1. The summed E-state index contributed by atoms with van der Waals surface area (Å²) in [4.78, 5) is 30.6. The molecular formula is C26H21N5O5. The number of nitrogens with one attached hydrogen (secondary N) is 1. The van der Waals surface area contributed by atoms with E-state index in [0.29, 0.717) is 28.3 Å². The van der Waals surface area contributed by atoms with Crippen LogP contribution >= 0.6 is 0 Å². The van der Waals surface area contributed by atoms with Crippen molar-refractivity contribution in [2.24, 2.45) is 0 Å². The van der Waals surface area contributed by atoms with Crippen molar-refractivity contribution < 1.29 is 19.0 Å². The molecular weight excluding hydrogens is 462 g/mol. The van der Waals surface area contributed by atoms with E-state index in [2.05, 4.69) is 15.4 Å². The Kier molecular flexibility index (Phi) is 5.25. The van der Waals surface area contributed by atoms with Gasteiger partial charge in [0, 0.05) is 6.54 Å². The Morgan fingerprint density at radius 3 is 2.75 bits per heavy atom. The molecule has 0 saturated carbocycles. The molecule has 180 valence electrons. The van der Waals surface area contributed by atoms with Crippen molar-refractivity contribution in [1.82, 2.24) is 24.5 Å². The van der Waals surface area contributed by atoms with Crippen LogP contribution in [0, 0.1) is 6.92 Å². The van der Waals surface area contributed by atoms with E-state index < -0.39 is 5.69 Å². The minimum Gasteiger partial charge on any atom is -0.454 e. The van der Waals surface area contributed by atoms with Gasteiger partial charge in [-0.1, -0.05) is 36.4 Å². The SMILES string of the molecule is Cc1ccccc1Oc1nc2ccccc2n2c(=O)n(CC(=O)NCc3ccc4c(c3)OCO4)nc12. The Labute approximate surface area is 204 Å². The number of ether oxygens (including phenoxy) is 3. The Morgan fingerprint density at radius 2 is 1.86 bits per heavy atom. The first kappa shape index (κ1) is 21.7. The van der Waals surface area contributed by atoms with Crippen LogP contribution in [-0.2, 0) is 17.9 Å². The fourth-order valence-corrected chi connectivity index (χ4v) is 4.06. The van der Waals surface area contributed by atoms with Crippen LogP contribution in [0.4, 0.5) is 0 Å². The van der Waals surface area contributed by atoms with E-state index in [1.807, 2.05) is 55.5 Å². The quantitative estimate of drug-likeness (QED) is 0.395. The number of hydrogen-bond acceptors (Lipinski definition) is 7. The van der Waals surface area contributed by atoms with E-state index in [9.17, 15) is 9.59 Å². The highest BCUT2D eigenvalue weighted by atomic mass is 16.7. The summed E-state index contributed by atoms with van der Waals surface area (Å²) in [5.41, 5.74) is 2.67. The number of carbonyl (C=O) groups excluding carboxylic acids is 1. The van der Waals surface area contributed by atoms with Gasteiger partial charge in [0.15, 0.2) is 11.5 Å². The molecule has 0 bridgehead atoms. The topological polar surface area (TPSA) is 109 Å². The highest BCUT2D eigenvalue weighted by molar-refractivity contribution is 5.80. The highest BCUT2D eigenvalue weighted by Gasteiger charge is 2.20. The summed E-state index contributed by atoms with van der Waals surface area (Å²) in [5, 5.41) is 7.23. The molecule has 0 radical (unpaired) electrons. The zero-order chi connectivity index (χ0) is 24.6. The van der Waals surface area contributed by atoms with Gasteiger partial charge >= 0.3 is 5.69 Å². The predicted octanol–water partition coefficient (Wildman–Crippen LogP) is 3.19. The lowest BCUT2D eigenvalue weighted by Gasteiger charge is -2.09. The van der Waals surface area contributed by atoms with Gasteiger partial charge in [0.1, 0.15) is 12.3 Å². The second-order valence-electron chi connectivity index (χ2n) is 8.34. The molecule has 0 saturated heterocycles. The number of hydrogen-bond donors (Lipinski definition) is 1. The maximum absolute atomic E-state index is 13.3. The number of carbonyl (C=O) groups is 1. The molecule has 1 amide bonds. The monoisotopic (exact) mass is 483 g/mol. The van der Waals surface area contributed by atoms with Crippen molar-refractivity contribution in [2.45, 2.75) is 20.0 Å². The molecule has 36 heavy (non-hydrogen) atoms. The summed E-state index contributed by atoms with van der Waals surface area (Å²) in [6.45, 7) is 2.11. The Balaban J connectivity index is 1.31. The number of nitrogens with zero attached hydrogens (tertiary/aromatic N) is 4. The summed E-state index contributed by atoms with van der Waals surface area (Å²) in [6.07, 6.45) is 0. The normalized spacial score (nSPS) is 12.2. The van der Waals surface area contributed by atoms with Gasteiger partial charge in [-0.25, -0.2) is 18.9 Å². The molecule has 0 spiro atoms. The molecule has 10 nitrogen and oxygen atoms in total. The maximum atomic E-state index is 13.3. The van der Waals surface area contributed by atoms with Crippen molar-refractivity contribution in [3.8, 4) is 23.1 Å². The van der Waals surface area contributed by atoms with Crippen LogP contribution in [0.2, 0.25) is 0 Å². The van der Waals surface area contributed by atoms with Crippen LogP contribution in [0.15, 0.2) is 71.5 Å². The van der Waals surface area contributed by atoms with Crippen molar-refractivity contribution >= 4 is 22.6 Å². The molecule has 6 rings (SSSR count). The minimum absolute atomic E-state index is 0.180. The molecule has 0 aliphatic carbocycles. The molecule has 0 atom stereocenters. The van der Waals surface area contributed by atoms with Gasteiger partial charge < -0.3 is 19.5 Å². The Morgan fingerprint density at radius 1 is 1.06 bits per heavy atom. The fraction of sp³-hybridized carbons (Fsp3) is 0.154. The average Bonchev–Trinajstić information content (AvgIpc) is 3.48. The van der Waals surface area contributed by atoms with E-state index in [1.54, 1.807) is 18.2 Å². The number of rotatable bonds is 6. The van der Waals surface area contributed by atoms with Crippen LogP contribution < -0.4 is 25.2 Å². The number of aromatic nitrogens is 4. The van der Waals surface area contributed by atoms with Gasteiger partial charge in [-0.15, -0.1) is 5.10 Å². The van der Waals surface area contributed by atoms with Crippen molar-refractivity contribution in [3.63, 3.8) is 0 Å². The number of para-hydroxylation sites is 3. The second kappa shape index (κ2) is 8.73. The van der Waals surface area contributed by atoms with Gasteiger partial charge in [0.2, 0.25) is 18.3 Å². The highest BCUT2D eigenvalue weighted by Crippen LogP contribution is 2.32. The zero-order valence-electron chi connectivity index (χ0n) is 19.3. The number of fused-ring (bicyclic) bond motifs is 4. The van der Waals surface area contributed by atoms with Crippen LogP contribution in [0.25, 0.3) is 16.7 Å². The van der Waals surface area contributed by atoms with E-state index in [0.717, 1.165) is 15.8 Å². The number of aryl methyl sites for hydroxylation is 1. The molecule has 1 aliphatic heterocycles. The second-order valence-corrected chi connectivity index (χ2v) is 8.34. The third-order valence-electron chi connectivity index (χ3n) is 5.90. The lowest BCUT2D eigenvalue weighted by Crippen LogP contribution is -2.32. The zero-order valence-corrected chi connectivity index (χ0v) is 19.3. The Bertz CT molecular complexity index is 1690. The lowest BCUT2D eigenvalue weighted by atomic mass is 10.2. The first-order valence-electron chi connectivity index (χ1n) is 11.3. The largest absolute Gasteiger partial charge is 0.454 e. The summed E-state index contributed by atoms with van der Waals surface area (Å²) in [6, 6.07) is 20.2. The molecule has 1 N–H and O–H groups in total. The molecule has 3 heterocycles. The summed E-state index contributed by atoms with van der Waals surface area (Å²) in [5.74, 6) is 1.73. The van der Waals surface area contributed by atoms with E-state index in [1.165, 1.54) is 4.40 Å². The lowest BCUT2D eigenvalue weighted by molar-refractivity contribution is -0.122. The van der Waals surface area contributed by atoms with Gasteiger partial charge in [0.25, 0.3) is 5.88 Å². The van der Waals surface area contributed by atoms with Crippen LogP contribution in [0.5, 0.6) is 23.1 Å². The van der Waals surface area contributed by atoms with Gasteiger partial charge in [-0.2, -0.15) is 0 Å². The molecule has 10 heteroatoms. The van der Waals surface area contributed by atoms with Crippen molar-refractivity contribution in [1.29, 1.82) is 0 Å². The van der Waals surface area contributed by atoms with Crippen molar-refractivity contribution in [3.05, 3.63) is 88.3 Å². The van der Waals surface area contributed by atoms with E-state index in [4.69, 9.17) is 14.2 Å². The summed E-state index contributed by atoms with van der Waals surface area (Å²) < 4.78 is 19.3. The first-order valence-corrected chi connectivity index (χ1v) is 11.3. The maximum Gasteiger partial charge on any atom is 0.351 e. The average molecular weight is 483 g/mol. The van der Waals surface area contributed by atoms with Crippen LogP contribution in [-0.4, -0.2) is 31.9 Å². The van der Waals surface area contributed by atoms with Crippen LogP contribution in [0.1, 0.15) is 11.1 Å². The molecule has 0 fully saturated rings. The smallest absolute Gasteiger partial charge is 0.351 e. The third kappa shape index (κ3) is 3.88. The predicted molar refractivity (Wildman–Crippen MR) is 130 cm³/mol. The van der Waals surface area contributed by atoms with Crippen LogP contribution in [0.3, 0.4) is 0 Å². The molecule has 2 aromatic heterocycles. The summed E-state index contributed by atoms with van der Waals surface area (Å²) >= 11 is 0. The molecule has 0 unspecified atom stereocenters. The van der Waals surface area contributed by atoms with Gasteiger partial charge in [0.05, 0.1) is 11.0 Å². The van der Waals surface area contributed by atoms with Gasteiger partial charge in [-0.3, -0.25) is 4.79 Å².